The Bertz CT molecular complexity index is 1780. The van der Waals surface area contributed by atoms with Gasteiger partial charge in [-0.25, -0.2) is 19.3 Å². The minimum Gasteiger partial charge on any atom is -0.337 e. The number of carbonyl (C=O) groups excluding carboxylic acids is 1. The first kappa shape index (κ1) is 23.8. The van der Waals surface area contributed by atoms with Crippen LogP contribution in [0, 0.1) is 20.8 Å². The Hall–Kier alpha value is -4.94. The van der Waals surface area contributed by atoms with Crippen LogP contribution in [-0.2, 0) is 24.9 Å². The van der Waals surface area contributed by atoms with Gasteiger partial charge >= 0.3 is 5.69 Å². The van der Waals surface area contributed by atoms with Crippen LogP contribution < -0.4 is 16.6 Å². The fourth-order valence-corrected chi connectivity index (χ4v) is 3.91. The summed E-state index contributed by atoms with van der Waals surface area (Å²) in [6.07, 6.45) is 3.08. The van der Waals surface area contributed by atoms with Crippen molar-refractivity contribution in [3.05, 3.63) is 80.6 Å². The Labute approximate surface area is 209 Å². The number of hydrogen-bond acceptors (Lipinski definition) is 9. The molecular formula is C24H23N9O4. The molecule has 0 aliphatic heterocycles. The highest BCUT2D eigenvalue weighted by atomic mass is 16.5. The fraction of sp³-hybridized carbons (Fsp3) is 0.250. The van der Waals surface area contributed by atoms with Gasteiger partial charge in [0.05, 0.1) is 12.0 Å². The van der Waals surface area contributed by atoms with E-state index in [1.54, 1.807) is 25.3 Å². The van der Waals surface area contributed by atoms with Gasteiger partial charge < -0.3 is 14.4 Å². The maximum absolute atomic E-state index is 13.2. The van der Waals surface area contributed by atoms with Gasteiger partial charge in [-0.15, -0.1) is 0 Å². The van der Waals surface area contributed by atoms with Gasteiger partial charge in [-0.05, 0) is 44.5 Å². The van der Waals surface area contributed by atoms with Crippen molar-refractivity contribution in [3.8, 4) is 11.3 Å². The zero-order valence-corrected chi connectivity index (χ0v) is 20.6. The molecule has 0 unspecified atom stereocenters. The molecule has 188 valence electrons. The Kier molecular flexibility index (Phi) is 5.95. The number of nitrogens with one attached hydrogen (secondary N) is 1. The van der Waals surface area contributed by atoms with Gasteiger partial charge in [0, 0.05) is 24.5 Å². The van der Waals surface area contributed by atoms with E-state index >= 15 is 0 Å². The quantitative estimate of drug-likeness (QED) is 0.363. The fourth-order valence-electron chi connectivity index (χ4n) is 3.91. The van der Waals surface area contributed by atoms with Crippen LogP contribution in [-0.4, -0.2) is 44.7 Å². The molecule has 0 spiro atoms. The lowest BCUT2D eigenvalue weighted by atomic mass is 10.1. The third-order valence-corrected chi connectivity index (χ3v) is 5.93. The minimum atomic E-state index is -0.624. The molecule has 1 N–H and O–H groups in total. The first-order chi connectivity index (χ1) is 17.7. The number of carbonyl (C=O) groups is 1. The lowest BCUT2D eigenvalue weighted by Gasteiger charge is -2.10. The highest BCUT2D eigenvalue weighted by Gasteiger charge is 2.19. The molecule has 5 aromatic rings. The predicted molar refractivity (Wildman–Crippen MR) is 133 cm³/mol. The Morgan fingerprint density at radius 2 is 1.92 bits per heavy atom. The molecule has 37 heavy (non-hydrogen) atoms. The summed E-state index contributed by atoms with van der Waals surface area (Å²) in [4.78, 5) is 56.0. The predicted octanol–water partition coefficient (Wildman–Crippen LogP) is 1.35. The van der Waals surface area contributed by atoms with Gasteiger partial charge in [-0.3, -0.25) is 19.1 Å². The zero-order chi connectivity index (χ0) is 26.3. The maximum Gasteiger partial charge on any atom is 0.332 e. The molecule has 0 aliphatic rings. The van der Waals surface area contributed by atoms with Crippen LogP contribution >= 0.6 is 0 Å². The molecule has 0 aromatic carbocycles. The van der Waals surface area contributed by atoms with E-state index in [-0.39, 0.29) is 30.1 Å². The first-order valence-electron chi connectivity index (χ1n) is 11.4. The second-order valence-electron chi connectivity index (χ2n) is 8.60. The zero-order valence-electron chi connectivity index (χ0n) is 20.6. The Balaban J connectivity index is 1.42. The number of imidazole rings is 1. The molecule has 0 bridgehead atoms. The summed E-state index contributed by atoms with van der Waals surface area (Å²) in [7, 11) is 1.49. The molecule has 1 amide bonds. The van der Waals surface area contributed by atoms with Gasteiger partial charge in [-0.2, -0.15) is 4.98 Å². The molecule has 5 rings (SSSR count). The summed E-state index contributed by atoms with van der Waals surface area (Å²) >= 11 is 0. The number of pyridine rings is 2. The number of aromatic nitrogens is 8. The van der Waals surface area contributed by atoms with E-state index < -0.39 is 17.2 Å². The molecule has 0 saturated carbocycles. The van der Waals surface area contributed by atoms with Crippen molar-refractivity contribution >= 4 is 22.9 Å². The number of fused-ring (bicyclic) bond motifs is 1. The monoisotopic (exact) mass is 501 g/mol. The van der Waals surface area contributed by atoms with Crippen LogP contribution in [0.4, 0.5) is 5.82 Å². The summed E-state index contributed by atoms with van der Waals surface area (Å²) < 4.78 is 8.65. The first-order valence-corrected chi connectivity index (χ1v) is 11.4. The molecule has 0 radical (unpaired) electrons. The van der Waals surface area contributed by atoms with Crippen molar-refractivity contribution in [2.45, 2.75) is 33.9 Å². The van der Waals surface area contributed by atoms with Gasteiger partial charge in [0.15, 0.2) is 17.0 Å². The van der Waals surface area contributed by atoms with Gasteiger partial charge in [0.1, 0.15) is 18.9 Å². The van der Waals surface area contributed by atoms with E-state index in [9.17, 15) is 14.4 Å². The van der Waals surface area contributed by atoms with Crippen molar-refractivity contribution in [3.63, 3.8) is 0 Å². The third-order valence-electron chi connectivity index (χ3n) is 5.93. The number of hydrogen-bond donors (Lipinski definition) is 1. The number of amides is 1. The minimum absolute atomic E-state index is 0.0939. The van der Waals surface area contributed by atoms with Crippen molar-refractivity contribution in [1.82, 2.24) is 38.8 Å². The standard InChI is InChI=1S/C24H23N9O4/c1-13-8-16(9-25-14(13)2)17-6-5-7-18(28-17)29-19(34)10-32-12-26-22-21(32)23(35)33(24(36)31(22)4)11-20-27-15(3)30-37-20/h5-9,12H,10-11H2,1-4H3,(H,28,29,34). The van der Waals surface area contributed by atoms with E-state index in [2.05, 4.69) is 30.4 Å². The molecule has 13 nitrogen and oxygen atoms in total. The van der Waals surface area contributed by atoms with Crippen molar-refractivity contribution in [2.75, 3.05) is 5.32 Å². The van der Waals surface area contributed by atoms with Crippen LogP contribution in [0.25, 0.3) is 22.4 Å². The Morgan fingerprint density at radius 3 is 2.65 bits per heavy atom. The summed E-state index contributed by atoms with van der Waals surface area (Å²) in [5, 5.41) is 6.44. The maximum atomic E-state index is 13.2. The van der Waals surface area contributed by atoms with Crippen molar-refractivity contribution in [2.24, 2.45) is 7.05 Å². The van der Waals surface area contributed by atoms with E-state index in [1.165, 1.54) is 22.5 Å². The summed E-state index contributed by atoms with van der Waals surface area (Å²) in [5.41, 5.74) is 2.50. The van der Waals surface area contributed by atoms with E-state index in [0.29, 0.717) is 17.3 Å². The summed E-state index contributed by atoms with van der Waals surface area (Å²) in [5.74, 6) is 0.426. The van der Waals surface area contributed by atoms with E-state index in [1.807, 2.05) is 26.0 Å². The highest BCUT2D eigenvalue weighted by molar-refractivity contribution is 5.90. The van der Waals surface area contributed by atoms with Crippen molar-refractivity contribution < 1.29 is 9.32 Å². The van der Waals surface area contributed by atoms with Gasteiger partial charge in [-0.1, -0.05) is 11.2 Å². The van der Waals surface area contributed by atoms with Crippen LogP contribution in [0.2, 0.25) is 0 Å². The van der Waals surface area contributed by atoms with Gasteiger partial charge in [0.2, 0.25) is 11.8 Å². The SMILES string of the molecule is Cc1noc(Cn2c(=O)c3c(ncn3CC(=O)Nc3cccc(-c4cnc(C)c(C)c4)n3)n(C)c2=O)n1. The molecule has 5 aromatic heterocycles. The second kappa shape index (κ2) is 9.26. The molecular weight excluding hydrogens is 478 g/mol. The van der Waals surface area contributed by atoms with Gasteiger partial charge in [0.25, 0.3) is 5.56 Å². The molecule has 0 atom stereocenters. The molecule has 0 fully saturated rings. The largest absolute Gasteiger partial charge is 0.337 e. The van der Waals surface area contributed by atoms with Crippen molar-refractivity contribution in [1.29, 1.82) is 0 Å². The Morgan fingerprint density at radius 1 is 1.11 bits per heavy atom. The average Bonchev–Trinajstić information content (AvgIpc) is 3.48. The highest BCUT2D eigenvalue weighted by Crippen LogP contribution is 2.20. The van der Waals surface area contributed by atoms with Crippen LogP contribution in [0.15, 0.2) is 50.9 Å². The number of anilines is 1. The van der Waals surface area contributed by atoms with Crippen LogP contribution in [0.1, 0.15) is 23.0 Å². The number of aryl methyl sites for hydroxylation is 4. The normalized spacial score (nSPS) is 11.2. The smallest absolute Gasteiger partial charge is 0.332 e. The number of rotatable bonds is 6. The van der Waals surface area contributed by atoms with E-state index in [0.717, 1.165) is 21.4 Å². The third kappa shape index (κ3) is 4.53. The summed E-state index contributed by atoms with van der Waals surface area (Å²) in [6, 6.07) is 7.27. The topological polar surface area (TPSA) is 156 Å². The number of nitrogens with zero attached hydrogens (tertiary/aromatic N) is 8. The van der Waals surface area contributed by atoms with E-state index in [4.69, 9.17) is 4.52 Å². The van der Waals surface area contributed by atoms with Crippen LogP contribution in [0.3, 0.4) is 0 Å². The molecule has 13 heteroatoms. The summed E-state index contributed by atoms with van der Waals surface area (Å²) in [6.45, 7) is 5.11. The van der Waals surface area contributed by atoms with Crippen LogP contribution in [0.5, 0.6) is 0 Å². The average molecular weight is 502 g/mol. The molecule has 0 aliphatic carbocycles. The molecule has 0 saturated heterocycles. The molecule has 5 heterocycles. The second-order valence-corrected chi connectivity index (χ2v) is 8.60. The lowest BCUT2D eigenvalue weighted by Crippen LogP contribution is -2.40. The lowest BCUT2D eigenvalue weighted by molar-refractivity contribution is -0.116.